The van der Waals surface area contributed by atoms with Crippen molar-refractivity contribution in [1.82, 2.24) is 0 Å². The molecule has 2 aromatic rings. The van der Waals surface area contributed by atoms with Crippen molar-refractivity contribution in [3.63, 3.8) is 0 Å². The van der Waals surface area contributed by atoms with Crippen molar-refractivity contribution in [2.75, 3.05) is 24.9 Å². The van der Waals surface area contributed by atoms with E-state index in [4.69, 9.17) is 9.47 Å². The summed E-state index contributed by atoms with van der Waals surface area (Å²) in [5.41, 5.74) is 4.57. The fourth-order valence-electron chi connectivity index (χ4n) is 4.18. The molecule has 0 aromatic heterocycles. The minimum absolute atomic E-state index is 0.0727. The van der Waals surface area contributed by atoms with Crippen LogP contribution >= 0.6 is 0 Å². The molecule has 0 unspecified atom stereocenters. The third kappa shape index (κ3) is 3.21. The number of hydrogen-bond donors (Lipinski definition) is 2. The zero-order chi connectivity index (χ0) is 19.9. The van der Waals surface area contributed by atoms with Gasteiger partial charge in [0.25, 0.3) is 0 Å². The number of methoxy groups -OCH3 is 2. The van der Waals surface area contributed by atoms with Crippen LogP contribution in [0.1, 0.15) is 38.3 Å². The molecule has 0 amide bonds. The summed E-state index contributed by atoms with van der Waals surface area (Å²) in [6.45, 7) is 4.28. The molecule has 0 radical (unpaired) electrons. The van der Waals surface area contributed by atoms with Gasteiger partial charge in [-0.25, -0.2) is 0 Å². The number of ketones is 1. The van der Waals surface area contributed by atoms with E-state index in [0.717, 1.165) is 40.4 Å². The molecule has 4 rings (SSSR count). The molecule has 0 saturated carbocycles. The van der Waals surface area contributed by atoms with Crippen molar-refractivity contribution in [3.8, 4) is 11.5 Å². The van der Waals surface area contributed by atoms with Crippen molar-refractivity contribution >= 4 is 17.2 Å². The lowest BCUT2D eigenvalue weighted by atomic mass is 9.73. The van der Waals surface area contributed by atoms with Gasteiger partial charge < -0.3 is 20.1 Å². The second-order valence-electron chi connectivity index (χ2n) is 8.19. The zero-order valence-corrected chi connectivity index (χ0v) is 16.8. The Morgan fingerprint density at radius 3 is 2.46 bits per heavy atom. The number of fused-ring (bicyclic) bond motifs is 1. The van der Waals surface area contributed by atoms with Gasteiger partial charge in [-0.05, 0) is 36.1 Å². The summed E-state index contributed by atoms with van der Waals surface area (Å²) in [6, 6.07) is 13.5. The lowest BCUT2D eigenvalue weighted by molar-refractivity contribution is -0.118. The molecule has 2 N–H and O–H groups in total. The Balaban J connectivity index is 1.90. The van der Waals surface area contributed by atoms with Crippen LogP contribution in [0.3, 0.4) is 0 Å². The summed E-state index contributed by atoms with van der Waals surface area (Å²) in [7, 11) is 3.27. The fourth-order valence-corrected chi connectivity index (χ4v) is 4.18. The lowest BCUT2D eigenvalue weighted by Gasteiger charge is -2.34. The van der Waals surface area contributed by atoms with Crippen LogP contribution in [-0.2, 0) is 4.79 Å². The Hall–Kier alpha value is -2.95. The average molecular weight is 378 g/mol. The Kier molecular flexibility index (Phi) is 4.53. The summed E-state index contributed by atoms with van der Waals surface area (Å²) < 4.78 is 11.0. The number of rotatable bonds is 3. The van der Waals surface area contributed by atoms with E-state index in [1.807, 2.05) is 42.5 Å². The van der Waals surface area contributed by atoms with Crippen molar-refractivity contribution in [3.05, 3.63) is 59.3 Å². The Morgan fingerprint density at radius 1 is 1.00 bits per heavy atom. The first-order valence-corrected chi connectivity index (χ1v) is 9.52. The molecule has 0 bridgehead atoms. The predicted octanol–water partition coefficient (Wildman–Crippen LogP) is 4.93. The van der Waals surface area contributed by atoms with Gasteiger partial charge in [0.15, 0.2) is 5.78 Å². The number of anilines is 2. The molecule has 2 aliphatic rings. The number of hydrogen-bond acceptors (Lipinski definition) is 5. The molecular weight excluding hydrogens is 352 g/mol. The van der Waals surface area contributed by atoms with E-state index in [1.54, 1.807) is 14.2 Å². The number of ether oxygens (including phenoxy) is 2. The fraction of sp³-hybridized carbons (Fsp3) is 0.348. The van der Waals surface area contributed by atoms with Crippen LogP contribution in [0.2, 0.25) is 0 Å². The number of Topliss-reactive ketones (excluding diaryl/α,β-unsaturated/α-hetero) is 1. The molecular formula is C23H26N2O3. The second-order valence-corrected chi connectivity index (χ2v) is 8.19. The molecule has 1 aliphatic carbocycles. The summed E-state index contributed by atoms with van der Waals surface area (Å²) in [5.74, 6) is 1.58. The van der Waals surface area contributed by atoms with Crippen molar-refractivity contribution in [2.45, 2.75) is 32.7 Å². The summed E-state index contributed by atoms with van der Waals surface area (Å²) in [4.78, 5) is 13.3. The zero-order valence-electron chi connectivity index (χ0n) is 16.8. The van der Waals surface area contributed by atoms with Gasteiger partial charge in [-0.15, -0.1) is 0 Å². The number of benzene rings is 2. The average Bonchev–Trinajstić information content (AvgIpc) is 2.82. The normalized spacial score (nSPS) is 20.3. The minimum atomic E-state index is -0.296. The van der Waals surface area contributed by atoms with E-state index in [2.05, 4.69) is 24.5 Å². The molecule has 1 heterocycles. The summed E-state index contributed by atoms with van der Waals surface area (Å²) >= 11 is 0. The Labute approximate surface area is 165 Å². The molecule has 2 aromatic carbocycles. The maximum absolute atomic E-state index is 13.3. The van der Waals surface area contributed by atoms with E-state index in [9.17, 15) is 4.79 Å². The maximum Gasteiger partial charge on any atom is 0.163 e. The summed E-state index contributed by atoms with van der Waals surface area (Å²) in [6.07, 6.45) is 1.35. The van der Waals surface area contributed by atoms with E-state index in [1.165, 1.54) is 0 Å². The van der Waals surface area contributed by atoms with Gasteiger partial charge in [-0.3, -0.25) is 4.79 Å². The van der Waals surface area contributed by atoms with Gasteiger partial charge in [-0.2, -0.15) is 0 Å². The topological polar surface area (TPSA) is 59.6 Å². The summed E-state index contributed by atoms with van der Waals surface area (Å²) in [5, 5.41) is 7.12. The van der Waals surface area contributed by atoms with Crippen molar-refractivity contribution in [2.24, 2.45) is 5.41 Å². The van der Waals surface area contributed by atoms with Gasteiger partial charge >= 0.3 is 0 Å². The first-order valence-electron chi connectivity index (χ1n) is 9.52. The molecule has 146 valence electrons. The van der Waals surface area contributed by atoms with Gasteiger partial charge in [0.05, 0.1) is 31.6 Å². The standard InChI is InChI=1S/C23H26N2O3/c1-23(2)12-18-21(19(26)13-23)22(25-17-8-6-5-7-16(17)24-18)15-10-9-14(27-3)11-20(15)28-4/h5-11,22,24-25H,12-13H2,1-4H3/t22-/m0/s1. The minimum Gasteiger partial charge on any atom is -0.497 e. The van der Waals surface area contributed by atoms with Crippen LogP contribution in [0.25, 0.3) is 0 Å². The van der Waals surface area contributed by atoms with E-state index in [-0.39, 0.29) is 17.2 Å². The van der Waals surface area contributed by atoms with E-state index >= 15 is 0 Å². The second kappa shape index (κ2) is 6.89. The SMILES string of the molecule is COc1ccc([C@@H]2Nc3ccccc3NC3=C2C(=O)CC(C)(C)C3)c(OC)c1. The van der Waals surface area contributed by atoms with Crippen LogP contribution < -0.4 is 20.1 Å². The van der Waals surface area contributed by atoms with Crippen LogP contribution in [0, 0.1) is 5.41 Å². The number of para-hydroxylation sites is 2. The highest BCUT2D eigenvalue weighted by Gasteiger charge is 2.39. The monoisotopic (exact) mass is 378 g/mol. The van der Waals surface area contributed by atoms with E-state index < -0.39 is 0 Å². The van der Waals surface area contributed by atoms with Crippen molar-refractivity contribution < 1.29 is 14.3 Å². The molecule has 5 heteroatoms. The molecule has 1 atom stereocenters. The van der Waals surface area contributed by atoms with Crippen LogP contribution in [0.15, 0.2) is 53.7 Å². The first kappa shape index (κ1) is 18.4. The molecule has 5 nitrogen and oxygen atoms in total. The number of carbonyl (C=O) groups excluding carboxylic acids is 1. The molecule has 0 saturated heterocycles. The molecule has 1 aliphatic heterocycles. The highest BCUT2D eigenvalue weighted by molar-refractivity contribution is 6.01. The van der Waals surface area contributed by atoms with Crippen LogP contribution in [0.4, 0.5) is 11.4 Å². The highest BCUT2D eigenvalue weighted by atomic mass is 16.5. The lowest BCUT2D eigenvalue weighted by Crippen LogP contribution is -2.31. The Bertz CT molecular complexity index is 962. The van der Waals surface area contributed by atoms with Crippen LogP contribution in [0.5, 0.6) is 11.5 Å². The molecule has 0 spiro atoms. The molecule has 0 fully saturated rings. The smallest absolute Gasteiger partial charge is 0.163 e. The highest BCUT2D eigenvalue weighted by Crippen LogP contribution is 2.47. The first-order chi connectivity index (χ1) is 13.4. The predicted molar refractivity (Wildman–Crippen MR) is 111 cm³/mol. The van der Waals surface area contributed by atoms with E-state index in [0.29, 0.717) is 12.2 Å². The maximum atomic E-state index is 13.3. The Morgan fingerprint density at radius 2 is 1.75 bits per heavy atom. The number of allylic oxidation sites excluding steroid dienone is 1. The van der Waals surface area contributed by atoms with Gasteiger partial charge in [0.1, 0.15) is 11.5 Å². The number of nitrogens with one attached hydrogen (secondary N) is 2. The largest absolute Gasteiger partial charge is 0.497 e. The quantitative estimate of drug-likeness (QED) is 0.793. The van der Waals surface area contributed by atoms with Gasteiger partial charge in [-0.1, -0.05) is 26.0 Å². The molecule has 28 heavy (non-hydrogen) atoms. The van der Waals surface area contributed by atoms with Gasteiger partial charge in [0, 0.05) is 29.3 Å². The van der Waals surface area contributed by atoms with Crippen LogP contribution in [-0.4, -0.2) is 20.0 Å². The van der Waals surface area contributed by atoms with Crippen molar-refractivity contribution in [1.29, 1.82) is 0 Å². The third-order valence-electron chi connectivity index (χ3n) is 5.47. The van der Waals surface area contributed by atoms with Gasteiger partial charge in [0.2, 0.25) is 0 Å². The third-order valence-corrected chi connectivity index (χ3v) is 5.47. The number of carbonyl (C=O) groups is 1.